The number of carbonyl (C=O) groups excluding carboxylic acids is 1. The Labute approximate surface area is 209 Å². The van der Waals surface area contributed by atoms with Crippen LogP contribution in [0.25, 0.3) is 20.8 Å². The second-order valence-electron chi connectivity index (χ2n) is 9.49. The van der Waals surface area contributed by atoms with E-state index in [2.05, 4.69) is 40.1 Å². The van der Waals surface area contributed by atoms with Gasteiger partial charge in [0.05, 0.1) is 10.9 Å². The molecule has 1 unspecified atom stereocenters. The molecule has 0 radical (unpaired) electrons. The fourth-order valence-corrected chi connectivity index (χ4v) is 7.36. The Balaban J connectivity index is 1.26. The van der Waals surface area contributed by atoms with Gasteiger partial charge in [-0.05, 0) is 63.2 Å². The predicted octanol–water partition coefficient (Wildman–Crippen LogP) is 4.15. The van der Waals surface area contributed by atoms with Gasteiger partial charge in [-0.2, -0.15) is 0 Å². The summed E-state index contributed by atoms with van der Waals surface area (Å²) >= 11 is 3.37. The molecule has 182 valence electrons. The Morgan fingerprint density at radius 3 is 3.06 bits per heavy atom. The van der Waals surface area contributed by atoms with E-state index in [9.17, 15) is 4.79 Å². The van der Waals surface area contributed by atoms with Crippen LogP contribution in [-0.2, 0) is 17.8 Å². The van der Waals surface area contributed by atoms with Crippen LogP contribution in [0, 0.1) is 5.92 Å². The lowest BCUT2D eigenvalue weighted by Crippen LogP contribution is -2.32. The Bertz CT molecular complexity index is 1110. The quantitative estimate of drug-likeness (QED) is 0.354. The van der Waals surface area contributed by atoms with Gasteiger partial charge in [0.25, 0.3) is 0 Å². The summed E-state index contributed by atoms with van der Waals surface area (Å²) in [5.74, 6) is 0.824. The molecule has 1 amide bonds. The summed E-state index contributed by atoms with van der Waals surface area (Å²) in [4.78, 5) is 23.3. The van der Waals surface area contributed by atoms with Crippen molar-refractivity contribution in [1.29, 1.82) is 0 Å². The van der Waals surface area contributed by atoms with E-state index in [1.54, 1.807) is 22.7 Å². The van der Waals surface area contributed by atoms with E-state index in [-0.39, 0.29) is 5.91 Å². The number of fused-ring (bicyclic) bond motifs is 2. The van der Waals surface area contributed by atoms with Crippen LogP contribution >= 0.6 is 22.7 Å². The molecule has 3 aromatic heterocycles. The topological polar surface area (TPSA) is 91.0 Å². The van der Waals surface area contributed by atoms with E-state index >= 15 is 0 Å². The van der Waals surface area contributed by atoms with Crippen molar-refractivity contribution < 1.29 is 4.79 Å². The molecule has 0 spiro atoms. The van der Waals surface area contributed by atoms with Gasteiger partial charge < -0.3 is 21.3 Å². The minimum atomic E-state index is 0.0679. The maximum atomic E-state index is 12.9. The molecular weight excluding hydrogens is 464 g/mol. The molecular formula is C25H34N6OS2. The van der Waals surface area contributed by atoms with Gasteiger partial charge in [-0.1, -0.05) is 6.92 Å². The van der Waals surface area contributed by atoms with Gasteiger partial charge in [0.2, 0.25) is 5.91 Å². The van der Waals surface area contributed by atoms with Gasteiger partial charge in [-0.3, -0.25) is 9.78 Å². The Morgan fingerprint density at radius 2 is 2.21 bits per heavy atom. The predicted molar refractivity (Wildman–Crippen MR) is 142 cm³/mol. The number of nitrogens with one attached hydrogen (secondary N) is 4. The number of anilines is 1. The summed E-state index contributed by atoms with van der Waals surface area (Å²) in [6, 6.07) is 2.95. The summed E-state index contributed by atoms with van der Waals surface area (Å²) in [6.07, 6.45) is 8.73. The molecule has 0 bridgehead atoms. The van der Waals surface area contributed by atoms with E-state index < -0.39 is 0 Å². The molecule has 1 saturated carbocycles. The van der Waals surface area contributed by atoms with Crippen LogP contribution in [0.15, 0.2) is 18.5 Å². The molecule has 0 aromatic carbocycles. The van der Waals surface area contributed by atoms with Crippen molar-refractivity contribution in [3.63, 3.8) is 0 Å². The number of carbonyl (C=O) groups is 1. The molecule has 1 aliphatic carbocycles. The third kappa shape index (κ3) is 5.33. The van der Waals surface area contributed by atoms with Gasteiger partial charge in [-0.25, -0.2) is 4.98 Å². The molecule has 3 aromatic rings. The van der Waals surface area contributed by atoms with Crippen molar-refractivity contribution in [2.24, 2.45) is 5.92 Å². The monoisotopic (exact) mass is 498 g/mol. The fourth-order valence-electron chi connectivity index (χ4n) is 5.09. The highest BCUT2D eigenvalue weighted by Crippen LogP contribution is 2.45. The van der Waals surface area contributed by atoms with Crippen LogP contribution in [-0.4, -0.2) is 47.6 Å². The van der Waals surface area contributed by atoms with Crippen molar-refractivity contribution in [2.75, 3.05) is 25.0 Å². The number of aromatic nitrogens is 2. The van der Waals surface area contributed by atoms with Crippen LogP contribution in [0.3, 0.4) is 0 Å². The number of thiazole rings is 1. The lowest BCUT2D eigenvalue weighted by Gasteiger charge is -2.20. The smallest absolute Gasteiger partial charge is 0.226 e. The van der Waals surface area contributed by atoms with Crippen LogP contribution in [0.1, 0.15) is 50.0 Å². The Hall–Kier alpha value is -1.91. The highest BCUT2D eigenvalue weighted by atomic mass is 32.1. The molecule has 2 aliphatic rings. The molecule has 9 heteroatoms. The van der Waals surface area contributed by atoms with Gasteiger partial charge in [-0.15, -0.1) is 22.7 Å². The first-order valence-electron chi connectivity index (χ1n) is 12.4. The first-order chi connectivity index (χ1) is 16.6. The number of pyridine rings is 1. The molecule has 0 saturated heterocycles. The van der Waals surface area contributed by atoms with Crippen LogP contribution in [0.4, 0.5) is 5.00 Å². The van der Waals surface area contributed by atoms with E-state index in [1.165, 1.54) is 29.7 Å². The number of hydrogen-bond acceptors (Lipinski definition) is 8. The highest BCUT2D eigenvalue weighted by molar-refractivity contribution is 7.22. The second-order valence-corrected chi connectivity index (χ2v) is 11.6. The molecule has 7 nitrogen and oxygen atoms in total. The number of rotatable bonds is 9. The third-order valence-electron chi connectivity index (χ3n) is 6.88. The Morgan fingerprint density at radius 1 is 1.29 bits per heavy atom. The maximum absolute atomic E-state index is 12.9. The van der Waals surface area contributed by atoms with Crippen LogP contribution in [0.2, 0.25) is 0 Å². The summed E-state index contributed by atoms with van der Waals surface area (Å²) in [5, 5.41) is 15.8. The molecule has 34 heavy (non-hydrogen) atoms. The lowest BCUT2D eigenvalue weighted by atomic mass is 9.99. The number of hydrogen-bond donors (Lipinski definition) is 4. The highest BCUT2D eigenvalue weighted by Gasteiger charge is 2.28. The van der Waals surface area contributed by atoms with Crippen LogP contribution < -0.4 is 21.3 Å². The average molecular weight is 499 g/mol. The molecule has 1 fully saturated rings. The Kier molecular flexibility index (Phi) is 7.55. The summed E-state index contributed by atoms with van der Waals surface area (Å²) in [6.45, 7) is 8.07. The molecule has 3 atom stereocenters. The van der Waals surface area contributed by atoms with E-state index in [4.69, 9.17) is 4.98 Å². The van der Waals surface area contributed by atoms with Crippen molar-refractivity contribution in [3.8, 4) is 10.6 Å². The van der Waals surface area contributed by atoms with E-state index in [0.29, 0.717) is 18.5 Å². The minimum Gasteiger partial charge on any atom is -0.317 e. The molecule has 1 aliphatic heterocycles. The van der Waals surface area contributed by atoms with Crippen molar-refractivity contribution in [1.82, 2.24) is 25.9 Å². The standard InChI is InChI=1S/C25H34N6OS2/c1-3-26-12-16-4-5-17(11-16)28-9-7-22(32)31-25-23(18-10-15(2)29-14-21(18)34-25)24-30-19-13-27-8-6-20(19)33-24/h6,8,13,15-17,26,28-29H,3-5,7,9-12,14H2,1-2H3,(H,31,32)/t15-,16?,17-/m0/s1. The van der Waals surface area contributed by atoms with Gasteiger partial charge in [0.15, 0.2) is 0 Å². The largest absolute Gasteiger partial charge is 0.317 e. The molecule has 5 rings (SSSR count). The van der Waals surface area contributed by atoms with Crippen LogP contribution in [0.5, 0.6) is 0 Å². The molecule has 4 heterocycles. The minimum absolute atomic E-state index is 0.0679. The normalized spacial score (nSPS) is 22.2. The summed E-state index contributed by atoms with van der Waals surface area (Å²) in [7, 11) is 0. The third-order valence-corrected chi connectivity index (χ3v) is 9.08. The lowest BCUT2D eigenvalue weighted by molar-refractivity contribution is -0.116. The van der Waals surface area contributed by atoms with E-state index in [1.807, 2.05) is 18.5 Å². The number of nitrogens with zero attached hydrogens (tertiary/aromatic N) is 2. The van der Waals surface area contributed by atoms with Gasteiger partial charge in [0, 0.05) is 48.2 Å². The van der Waals surface area contributed by atoms with E-state index in [0.717, 1.165) is 64.3 Å². The SMILES string of the molecule is CCNCC1CC[C@H](NCCC(=O)Nc2sc3c(c2-c2nc4cnccc4s2)C[C@H](C)NC3)C1. The molecule has 4 N–H and O–H groups in total. The first-order valence-corrected chi connectivity index (χ1v) is 14.1. The first kappa shape index (κ1) is 23.8. The maximum Gasteiger partial charge on any atom is 0.226 e. The van der Waals surface area contributed by atoms with Crippen molar-refractivity contribution >= 4 is 43.8 Å². The fraction of sp³-hybridized carbons (Fsp3) is 0.560. The second kappa shape index (κ2) is 10.8. The van der Waals surface area contributed by atoms with Crippen molar-refractivity contribution in [3.05, 3.63) is 28.9 Å². The zero-order chi connectivity index (χ0) is 23.5. The average Bonchev–Trinajstić information content (AvgIpc) is 3.53. The van der Waals surface area contributed by atoms with Crippen molar-refractivity contribution in [2.45, 2.75) is 64.6 Å². The van der Waals surface area contributed by atoms with Gasteiger partial charge >= 0.3 is 0 Å². The summed E-state index contributed by atoms with van der Waals surface area (Å²) in [5.41, 5.74) is 3.35. The van der Waals surface area contributed by atoms with Gasteiger partial charge in [0.1, 0.15) is 15.5 Å². The zero-order valence-electron chi connectivity index (χ0n) is 19.9. The zero-order valence-corrected chi connectivity index (χ0v) is 21.6. The number of thiophene rings is 1. The summed E-state index contributed by atoms with van der Waals surface area (Å²) < 4.78 is 1.12. The number of amides is 1.